The minimum Gasteiger partial charge on any atom is -0.490 e. The van der Waals surface area contributed by atoms with Gasteiger partial charge in [0.25, 0.3) is 0 Å². The molecule has 0 saturated carbocycles. The lowest BCUT2D eigenvalue weighted by atomic mass is 10.1. The van der Waals surface area contributed by atoms with E-state index >= 15 is 0 Å². The summed E-state index contributed by atoms with van der Waals surface area (Å²) in [6, 6.07) is 16.6. The molecule has 1 aliphatic heterocycles. The van der Waals surface area contributed by atoms with Gasteiger partial charge in [-0.15, -0.1) is 0 Å². The average molecular weight is 341 g/mol. The fourth-order valence-electron chi connectivity index (χ4n) is 2.86. The van der Waals surface area contributed by atoms with Crippen LogP contribution in [0.4, 0.5) is 0 Å². The average Bonchev–Trinajstić information content (AvgIpc) is 2.90. The summed E-state index contributed by atoms with van der Waals surface area (Å²) in [5.74, 6) is 1.67. The molecule has 0 aromatic heterocycles. The fraction of sp³-hybridized carbons (Fsp3) is 0.429. The third kappa shape index (κ3) is 5.21. The van der Waals surface area contributed by atoms with E-state index in [-0.39, 0.29) is 6.04 Å². The van der Waals surface area contributed by atoms with Gasteiger partial charge in [-0.05, 0) is 36.2 Å². The number of ether oxygens (including phenoxy) is 3. The number of hydrogen-bond donors (Lipinski definition) is 1. The monoisotopic (exact) mass is 341 g/mol. The first-order chi connectivity index (χ1) is 12.4. The lowest BCUT2D eigenvalue weighted by Gasteiger charge is -2.20. The first kappa shape index (κ1) is 17.8. The largest absolute Gasteiger partial charge is 0.490 e. The predicted molar refractivity (Wildman–Crippen MR) is 99.2 cm³/mol. The molecule has 1 N–H and O–H groups in total. The highest BCUT2D eigenvalue weighted by molar-refractivity contribution is 5.44. The molecule has 4 nitrogen and oxygen atoms in total. The molecule has 0 aliphatic carbocycles. The SMILES string of the molecule is CCCNC(COCc1ccccc1)c1ccc2c(c1)OCCCO2. The van der Waals surface area contributed by atoms with Crippen LogP contribution in [0.25, 0.3) is 0 Å². The highest BCUT2D eigenvalue weighted by Gasteiger charge is 2.16. The molecule has 2 aromatic rings. The highest BCUT2D eigenvalue weighted by atomic mass is 16.5. The molecule has 134 valence electrons. The molecule has 1 heterocycles. The van der Waals surface area contributed by atoms with Crippen molar-refractivity contribution in [3.8, 4) is 11.5 Å². The van der Waals surface area contributed by atoms with Gasteiger partial charge in [-0.25, -0.2) is 0 Å². The van der Waals surface area contributed by atoms with Crippen molar-refractivity contribution >= 4 is 0 Å². The van der Waals surface area contributed by atoms with E-state index in [9.17, 15) is 0 Å². The first-order valence-corrected chi connectivity index (χ1v) is 9.11. The molecule has 3 rings (SSSR count). The molecule has 1 aliphatic rings. The summed E-state index contributed by atoms with van der Waals surface area (Å²) in [5, 5.41) is 3.57. The Kier molecular flexibility index (Phi) is 6.71. The van der Waals surface area contributed by atoms with Crippen molar-refractivity contribution in [3.63, 3.8) is 0 Å². The van der Waals surface area contributed by atoms with E-state index in [1.165, 1.54) is 11.1 Å². The van der Waals surface area contributed by atoms with Crippen molar-refractivity contribution < 1.29 is 14.2 Å². The second-order valence-corrected chi connectivity index (χ2v) is 6.26. The minimum atomic E-state index is 0.140. The summed E-state index contributed by atoms with van der Waals surface area (Å²) in [7, 11) is 0. The van der Waals surface area contributed by atoms with Crippen LogP contribution in [0.15, 0.2) is 48.5 Å². The Balaban J connectivity index is 1.66. The van der Waals surface area contributed by atoms with Crippen LogP contribution < -0.4 is 14.8 Å². The number of benzene rings is 2. The van der Waals surface area contributed by atoms with Crippen molar-refractivity contribution in [2.45, 2.75) is 32.4 Å². The maximum atomic E-state index is 5.97. The fourth-order valence-corrected chi connectivity index (χ4v) is 2.86. The van der Waals surface area contributed by atoms with Crippen LogP contribution in [0.1, 0.15) is 36.9 Å². The Morgan fingerprint density at radius 2 is 1.84 bits per heavy atom. The van der Waals surface area contributed by atoms with Gasteiger partial charge < -0.3 is 19.5 Å². The van der Waals surface area contributed by atoms with E-state index in [4.69, 9.17) is 14.2 Å². The van der Waals surface area contributed by atoms with Gasteiger partial charge in [-0.3, -0.25) is 0 Å². The molecule has 0 spiro atoms. The molecule has 25 heavy (non-hydrogen) atoms. The Labute approximate surface area is 150 Å². The van der Waals surface area contributed by atoms with Gasteiger partial charge in [-0.1, -0.05) is 43.3 Å². The van der Waals surface area contributed by atoms with Crippen molar-refractivity contribution in [1.29, 1.82) is 0 Å². The topological polar surface area (TPSA) is 39.7 Å². The van der Waals surface area contributed by atoms with E-state index in [1.807, 2.05) is 24.3 Å². The van der Waals surface area contributed by atoms with Gasteiger partial charge in [-0.2, -0.15) is 0 Å². The zero-order chi connectivity index (χ0) is 17.3. The number of hydrogen-bond acceptors (Lipinski definition) is 4. The van der Waals surface area contributed by atoms with E-state index in [1.54, 1.807) is 0 Å². The van der Waals surface area contributed by atoms with E-state index in [2.05, 4.69) is 36.5 Å². The quantitative estimate of drug-likeness (QED) is 0.784. The van der Waals surface area contributed by atoms with E-state index in [0.29, 0.717) is 26.4 Å². The Bertz CT molecular complexity index is 645. The van der Waals surface area contributed by atoms with Gasteiger partial charge >= 0.3 is 0 Å². The molecular weight excluding hydrogens is 314 g/mol. The second-order valence-electron chi connectivity index (χ2n) is 6.26. The molecule has 1 atom stereocenters. The third-order valence-electron chi connectivity index (χ3n) is 4.21. The highest BCUT2D eigenvalue weighted by Crippen LogP contribution is 2.32. The van der Waals surface area contributed by atoms with E-state index in [0.717, 1.165) is 30.9 Å². The van der Waals surface area contributed by atoms with Crippen LogP contribution >= 0.6 is 0 Å². The van der Waals surface area contributed by atoms with Crippen LogP contribution in [0.2, 0.25) is 0 Å². The number of fused-ring (bicyclic) bond motifs is 1. The van der Waals surface area contributed by atoms with Gasteiger partial charge in [0, 0.05) is 6.42 Å². The molecule has 1 unspecified atom stereocenters. The van der Waals surface area contributed by atoms with Gasteiger partial charge in [0.05, 0.1) is 32.5 Å². The lowest BCUT2D eigenvalue weighted by molar-refractivity contribution is 0.0985. The lowest BCUT2D eigenvalue weighted by Crippen LogP contribution is -2.26. The summed E-state index contributed by atoms with van der Waals surface area (Å²) in [4.78, 5) is 0. The summed E-state index contributed by atoms with van der Waals surface area (Å²) in [6.07, 6.45) is 2.00. The summed E-state index contributed by atoms with van der Waals surface area (Å²) >= 11 is 0. The number of rotatable bonds is 8. The zero-order valence-corrected chi connectivity index (χ0v) is 14.9. The number of nitrogens with one attached hydrogen (secondary N) is 1. The maximum Gasteiger partial charge on any atom is 0.161 e. The van der Waals surface area contributed by atoms with Crippen LogP contribution in [0.5, 0.6) is 11.5 Å². The molecule has 0 fully saturated rings. The van der Waals surface area contributed by atoms with E-state index < -0.39 is 0 Å². The van der Waals surface area contributed by atoms with Crippen LogP contribution in [0.3, 0.4) is 0 Å². The van der Waals surface area contributed by atoms with Crippen molar-refractivity contribution in [2.24, 2.45) is 0 Å². The predicted octanol–water partition coefficient (Wildman–Crippen LogP) is 4.11. The van der Waals surface area contributed by atoms with Crippen LogP contribution in [0, 0.1) is 0 Å². The molecule has 0 saturated heterocycles. The smallest absolute Gasteiger partial charge is 0.161 e. The molecule has 0 radical (unpaired) electrons. The van der Waals surface area contributed by atoms with Gasteiger partial charge in [0.1, 0.15) is 0 Å². The van der Waals surface area contributed by atoms with Crippen molar-refractivity contribution in [3.05, 3.63) is 59.7 Å². The standard InChI is InChI=1S/C21H27NO3/c1-2-11-22-19(16-23-15-17-7-4-3-5-8-17)18-9-10-20-21(14-18)25-13-6-12-24-20/h3-5,7-10,14,19,22H,2,6,11-13,15-16H2,1H3. The molecule has 4 heteroatoms. The Hall–Kier alpha value is -2.04. The Morgan fingerprint density at radius 3 is 2.64 bits per heavy atom. The third-order valence-corrected chi connectivity index (χ3v) is 4.21. The van der Waals surface area contributed by atoms with Crippen molar-refractivity contribution in [2.75, 3.05) is 26.4 Å². The summed E-state index contributed by atoms with van der Waals surface area (Å²) in [6.45, 7) is 5.78. The van der Waals surface area contributed by atoms with Crippen LogP contribution in [-0.4, -0.2) is 26.4 Å². The van der Waals surface area contributed by atoms with Crippen LogP contribution in [-0.2, 0) is 11.3 Å². The Morgan fingerprint density at radius 1 is 1.04 bits per heavy atom. The van der Waals surface area contributed by atoms with Crippen molar-refractivity contribution in [1.82, 2.24) is 5.32 Å². The maximum absolute atomic E-state index is 5.97. The van der Waals surface area contributed by atoms with Gasteiger partial charge in [0.15, 0.2) is 11.5 Å². The molecule has 0 amide bonds. The molecule has 2 aromatic carbocycles. The molecular formula is C21H27NO3. The summed E-state index contributed by atoms with van der Waals surface area (Å²) in [5.41, 5.74) is 2.36. The minimum absolute atomic E-state index is 0.140. The zero-order valence-electron chi connectivity index (χ0n) is 14.9. The van der Waals surface area contributed by atoms with Gasteiger partial charge in [0.2, 0.25) is 0 Å². The summed E-state index contributed by atoms with van der Waals surface area (Å²) < 4.78 is 17.5. The first-order valence-electron chi connectivity index (χ1n) is 9.11. The normalized spacial score (nSPS) is 14.8. The molecule has 0 bridgehead atoms. The second kappa shape index (κ2) is 9.44.